The first-order chi connectivity index (χ1) is 9.75. The zero-order chi connectivity index (χ0) is 14.5. The molecular formula is C18H19NO. The first-order valence-electron chi connectivity index (χ1n) is 7.00. The van der Waals surface area contributed by atoms with Gasteiger partial charge in [0.25, 0.3) is 0 Å². The predicted molar refractivity (Wildman–Crippen MR) is 83.8 cm³/mol. The zero-order valence-corrected chi connectivity index (χ0v) is 12.2. The Balaban J connectivity index is 0.000000704. The van der Waals surface area contributed by atoms with Crippen LogP contribution in [0.1, 0.15) is 40.9 Å². The van der Waals surface area contributed by atoms with Gasteiger partial charge in [0.2, 0.25) is 0 Å². The van der Waals surface area contributed by atoms with Gasteiger partial charge in [-0.15, -0.1) is 0 Å². The van der Waals surface area contributed by atoms with Crippen LogP contribution >= 0.6 is 0 Å². The second-order valence-electron chi connectivity index (χ2n) is 4.50. The highest BCUT2D eigenvalue weighted by Gasteiger charge is 2.20. The summed E-state index contributed by atoms with van der Waals surface area (Å²) in [5.41, 5.74) is 4.94. The van der Waals surface area contributed by atoms with Gasteiger partial charge in [0.05, 0.1) is 5.71 Å². The Labute approximate surface area is 120 Å². The molecule has 102 valence electrons. The van der Waals surface area contributed by atoms with Gasteiger partial charge < -0.3 is 0 Å². The number of carbonyl (C=O) groups is 1. The molecule has 0 saturated carbocycles. The molecule has 3 rings (SSSR count). The molecule has 1 aliphatic rings. The van der Waals surface area contributed by atoms with E-state index in [2.05, 4.69) is 36.2 Å². The molecule has 0 spiro atoms. The van der Waals surface area contributed by atoms with Crippen molar-refractivity contribution in [2.75, 3.05) is 6.54 Å². The van der Waals surface area contributed by atoms with Crippen molar-refractivity contribution in [3.05, 3.63) is 70.8 Å². The fourth-order valence-electron chi connectivity index (χ4n) is 2.21. The van der Waals surface area contributed by atoms with E-state index < -0.39 is 0 Å². The fraction of sp³-hybridized carbons (Fsp3) is 0.222. The highest BCUT2D eigenvalue weighted by atomic mass is 16.1. The van der Waals surface area contributed by atoms with Crippen molar-refractivity contribution < 1.29 is 4.79 Å². The standard InChI is InChI=1S/C16H13NO.C2H6/c1-11-6-8-12(9-7-11)16-14-5-3-2-4-13(14)15(18)10-17-16;1-2/h2-9H,10H2,1H3;1-2H3. The Bertz CT molecular complexity index is 639. The molecule has 1 heterocycles. The lowest BCUT2D eigenvalue weighted by Gasteiger charge is -2.16. The molecule has 2 aromatic carbocycles. The second kappa shape index (κ2) is 6.29. The maximum atomic E-state index is 11.8. The zero-order valence-electron chi connectivity index (χ0n) is 12.2. The summed E-state index contributed by atoms with van der Waals surface area (Å²) in [5, 5.41) is 0. The number of hydrogen-bond donors (Lipinski definition) is 0. The minimum absolute atomic E-state index is 0.0986. The monoisotopic (exact) mass is 265 g/mol. The number of carbonyl (C=O) groups excluding carboxylic acids is 1. The maximum Gasteiger partial charge on any atom is 0.184 e. The summed E-state index contributed by atoms with van der Waals surface area (Å²) in [4.78, 5) is 16.2. The van der Waals surface area contributed by atoms with Crippen molar-refractivity contribution in [1.82, 2.24) is 0 Å². The molecule has 0 radical (unpaired) electrons. The number of aliphatic imine (C=N–C) groups is 1. The van der Waals surface area contributed by atoms with Crippen LogP contribution in [0.15, 0.2) is 53.5 Å². The van der Waals surface area contributed by atoms with Crippen LogP contribution in [0.4, 0.5) is 0 Å². The summed E-state index contributed by atoms with van der Waals surface area (Å²) in [5.74, 6) is 0.0986. The van der Waals surface area contributed by atoms with E-state index in [4.69, 9.17) is 0 Å². The smallest absolute Gasteiger partial charge is 0.184 e. The van der Waals surface area contributed by atoms with Gasteiger partial charge in [-0.2, -0.15) is 0 Å². The summed E-state index contributed by atoms with van der Waals surface area (Å²) in [6.07, 6.45) is 0. The van der Waals surface area contributed by atoms with E-state index in [0.717, 1.165) is 22.4 Å². The van der Waals surface area contributed by atoms with E-state index in [9.17, 15) is 4.79 Å². The Morgan fingerprint density at radius 3 is 2.15 bits per heavy atom. The Hall–Kier alpha value is -2.22. The molecule has 0 amide bonds. The van der Waals surface area contributed by atoms with E-state index in [1.807, 2.05) is 38.1 Å². The van der Waals surface area contributed by atoms with Gasteiger partial charge in [0.1, 0.15) is 6.54 Å². The SMILES string of the molecule is CC.Cc1ccc(C2=NCC(=O)c3ccccc32)cc1. The molecule has 2 nitrogen and oxygen atoms in total. The molecular weight excluding hydrogens is 246 g/mol. The van der Waals surface area contributed by atoms with Crippen LogP contribution in [0, 0.1) is 6.92 Å². The van der Waals surface area contributed by atoms with Gasteiger partial charge >= 0.3 is 0 Å². The number of nitrogens with zero attached hydrogens (tertiary/aromatic N) is 1. The number of benzene rings is 2. The van der Waals surface area contributed by atoms with E-state index in [0.29, 0.717) is 0 Å². The second-order valence-corrected chi connectivity index (χ2v) is 4.50. The largest absolute Gasteiger partial charge is 0.292 e. The highest BCUT2D eigenvalue weighted by molar-refractivity contribution is 6.21. The predicted octanol–water partition coefficient (Wildman–Crippen LogP) is 4.05. The molecule has 0 bridgehead atoms. The molecule has 20 heavy (non-hydrogen) atoms. The van der Waals surface area contributed by atoms with Crippen LogP contribution in [-0.2, 0) is 0 Å². The number of fused-ring (bicyclic) bond motifs is 1. The van der Waals surface area contributed by atoms with Crippen LogP contribution in [0.2, 0.25) is 0 Å². The average Bonchev–Trinajstić information content (AvgIpc) is 2.51. The van der Waals surface area contributed by atoms with Crippen LogP contribution in [-0.4, -0.2) is 18.0 Å². The molecule has 0 unspecified atom stereocenters. The molecule has 0 fully saturated rings. The molecule has 0 N–H and O–H groups in total. The van der Waals surface area contributed by atoms with Crippen LogP contribution in [0.3, 0.4) is 0 Å². The summed E-state index contributed by atoms with van der Waals surface area (Å²) < 4.78 is 0. The lowest BCUT2D eigenvalue weighted by atomic mass is 9.92. The lowest BCUT2D eigenvalue weighted by molar-refractivity contribution is 0.1000. The van der Waals surface area contributed by atoms with E-state index in [1.165, 1.54) is 5.56 Å². The number of Topliss-reactive ketones (excluding diaryl/α,β-unsaturated/α-hetero) is 1. The first kappa shape index (κ1) is 14.2. The normalized spacial score (nSPS) is 12.9. The molecule has 2 heteroatoms. The van der Waals surface area contributed by atoms with Gasteiger partial charge in [0.15, 0.2) is 5.78 Å². The van der Waals surface area contributed by atoms with Crippen molar-refractivity contribution in [3.8, 4) is 0 Å². The summed E-state index contributed by atoms with van der Waals surface area (Å²) in [7, 11) is 0. The Morgan fingerprint density at radius 1 is 0.900 bits per heavy atom. The third kappa shape index (κ3) is 2.69. The summed E-state index contributed by atoms with van der Waals surface area (Å²) in [6, 6.07) is 15.9. The fourth-order valence-corrected chi connectivity index (χ4v) is 2.21. The Morgan fingerprint density at radius 2 is 1.50 bits per heavy atom. The topological polar surface area (TPSA) is 29.4 Å². The molecule has 0 aliphatic carbocycles. The van der Waals surface area contributed by atoms with Crippen molar-refractivity contribution in [3.63, 3.8) is 0 Å². The molecule has 0 atom stereocenters. The van der Waals surface area contributed by atoms with Crippen LogP contribution in [0.25, 0.3) is 0 Å². The quantitative estimate of drug-likeness (QED) is 0.764. The van der Waals surface area contributed by atoms with Gasteiger partial charge in [0, 0.05) is 16.7 Å². The third-order valence-electron chi connectivity index (χ3n) is 3.19. The molecule has 0 aromatic heterocycles. The lowest BCUT2D eigenvalue weighted by Crippen LogP contribution is -2.19. The van der Waals surface area contributed by atoms with Gasteiger partial charge in [-0.3, -0.25) is 9.79 Å². The Kier molecular flexibility index (Phi) is 4.46. The van der Waals surface area contributed by atoms with Gasteiger partial charge in [-0.1, -0.05) is 67.9 Å². The van der Waals surface area contributed by atoms with E-state index in [-0.39, 0.29) is 12.3 Å². The van der Waals surface area contributed by atoms with Gasteiger partial charge in [-0.25, -0.2) is 0 Å². The number of hydrogen-bond acceptors (Lipinski definition) is 2. The van der Waals surface area contributed by atoms with Crippen molar-refractivity contribution in [1.29, 1.82) is 0 Å². The summed E-state index contributed by atoms with van der Waals surface area (Å²) in [6.45, 7) is 6.31. The average molecular weight is 265 g/mol. The third-order valence-corrected chi connectivity index (χ3v) is 3.19. The van der Waals surface area contributed by atoms with Crippen LogP contribution in [0.5, 0.6) is 0 Å². The first-order valence-corrected chi connectivity index (χ1v) is 7.00. The maximum absolute atomic E-state index is 11.8. The van der Waals surface area contributed by atoms with Crippen LogP contribution < -0.4 is 0 Å². The molecule has 0 saturated heterocycles. The van der Waals surface area contributed by atoms with E-state index in [1.54, 1.807) is 0 Å². The summed E-state index contributed by atoms with van der Waals surface area (Å²) >= 11 is 0. The highest BCUT2D eigenvalue weighted by Crippen LogP contribution is 2.20. The van der Waals surface area contributed by atoms with Crippen molar-refractivity contribution >= 4 is 11.5 Å². The van der Waals surface area contributed by atoms with E-state index >= 15 is 0 Å². The van der Waals surface area contributed by atoms with Gasteiger partial charge in [-0.05, 0) is 6.92 Å². The number of rotatable bonds is 1. The minimum Gasteiger partial charge on any atom is -0.292 e. The minimum atomic E-state index is 0.0986. The van der Waals surface area contributed by atoms with Crippen molar-refractivity contribution in [2.45, 2.75) is 20.8 Å². The van der Waals surface area contributed by atoms with Crippen molar-refractivity contribution in [2.24, 2.45) is 4.99 Å². The number of ketones is 1. The number of aryl methyl sites for hydroxylation is 1. The molecule has 1 aliphatic heterocycles. The molecule has 2 aromatic rings.